The van der Waals surface area contributed by atoms with Crippen molar-refractivity contribution >= 4 is 11.3 Å². The second-order valence-corrected chi connectivity index (χ2v) is 6.56. The molecule has 2 heteroatoms. The van der Waals surface area contributed by atoms with Crippen molar-refractivity contribution in [1.82, 2.24) is 0 Å². The largest absolute Gasteiger partial charge is 0.323 e. The maximum Gasteiger partial charge on any atom is 0.0392 e. The second-order valence-electron chi connectivity index (χ2n) is 5.39. The minimum Gasteiger partial charge on any atom is -0.323 e. The lowest BCUT2D eigenvalue weighted by molar-refractivity contribution is 0.514. The molecule has 1 heterocycles. The van der Waals surface area contributed by atoms with Crippen LogP contribution in [0.1, 0.15) is 60.9 Å². The van der Waals surface area contributed by atoms with Crippen LogP contribution in [0.15, 0.2) is 6.07 Å². The van der Waals surface area contributed by atoms with Gasteiger partial charge in [0.25, 0.3) is 0 Å². The molecule has 0 radical (unpaired) electrons. The fourth-order valence-electron chi connectivity index (χ4n) is 2.50. The zero-order chi connectivity index (χ0) is 11.5. The van der Waals surface area contributed by atoms with Gasteiger partial charge in [-0.05, 0) is 49.7 Å². The molecule has 90 valence electrons. The van der Waals surface area contributed by atoms with Crippen LogP contribution in [0.25, 0.3) is 0 Å². The van der Waals surface area contributed by atoms with Crippen LogP contribution >= 0.6 is 11.3 Å². The molecule has 2 rings (SSSR count). The predicted molar refractivity (Wildman–Crippen MR) is 72.0 cm³/mol. The smallest absolute Gasteiger partial charge is 0.0392 e. The van der Waals surface area contributed by atoms with Crippen LogP contribution in [-0.4, -0.2) is 0 Å². The Morgan fingerprint density at radius 3 is 2.75 bits per heavy atom. The minimum absolute atomic E-state index is 0.261. The molecule has 0 bridgehead atoms. The highest BCUT2D eigenvalue weighted by Gasteiger charge is 2.16. The van der Waals surface area contributed by atoms with E-state index < -0.39 is 0 Å². The van der Waals surface area contributed by atoms with Gasteiger partial charge < -0.3 is 5.73 Å². The van der Waals surface area contributed by atoms with E-state index in [9.17, 15) is 0 Å². The van der Waals surface area contributed by atoms with Crippen LogP contribution in [0.4, 0.5) is 0 Å². The average Bonchev–Trinajstić information content (AvgIpc) is 2.49. The standard InChI is InChI=1S/C14H23NS/c1-10(2)8-12(15)14-9-11-6-4-3-5-7-13(11)16-14/h9-10,12H,3-8,15H2,1-2H3. The molecule has 0 amide bonds. The van der Waals surface area contributed by atoms with Crippen LogP contribution < -0.4 is 5.73 Å². The van der Waals surface area contributed by atoms with Gasteiger partial charge in [0.2, 0.25) is 0 Å². The SMILES string of the molecule is CC(C)CC(N)c1cc2c(s1)CCCCC2. The molecular formula is C14H23NS. The topological polar surface area (TPSA) is 26.0 Å². The van der Waals surface area contributed by atoms with Crippen LogP contribution in [-0.2, 0) is 12.8 Å². The summed E-state index contributed by atoms with van der Waals surface area (Å²) in [5.74, 6) is 0.692. The Labute approximate surface area is 103 Å². The average molecular weight is 237 g/mol. The van der Waals surface area contributed by atoms with Crippen molar-refractivity contribution in [3.8, 4) is 0 Å². The summed E-state index contributed by atoms with van der Waals surface area (Å²) in [6.07, 6.45) is 7.80. The lowest BCUT2D eigenvalue weighted by Crippen LogP contribution is -2.11. The zero-order valence-corrected chi connectivity index (χ0v) is 11.3. The number of hydrogen-bond donors (Lipinski definition) is 1. The number of nitrogens with two attached hydrogens (primary N) is 1. The normalized spacial score (nSPS) is 18.2. The van der Waals surface area contributed by atoms with Gasteiger partial charge in [0.1, 0.15) is 0 Å². The molecule has 1 aromatic heterocycles. The second kappa shape index (κ2) is 5.33. The third kappa shape index (κ3) is 2.86. The van der Waals surface area contributed by atoms with Crippen molar-refractivity contribution in [1.29, 1.82) is 0 Å². The van der Waals surface area contributed by atoms with Crippen LogP contribution in [0.5, 0.6) is 0 Å². The van der Waals surface area contributed by atoms with Gasteiger partial charge in [-0.25, -0.2) is 0 Å². The molecule has 1 atom stereocenters. The number of fused-ring (bicyclic) bond motifs is 1. The van der Waals surface area contributed by atoms with Crippen molar-refractivity contribution in [3.05, 3.63) is 21.4 Å². The van der Waals surface area contributed by atoms with Gasteiger partial charge in [0.05, 0.1) is 0 Å². The minimum atomic E-state index is 0.261. The molecule has 1 aromatic rings. The van der Waals surface area contributed by atoms with Crippen LogP contribution in [0.3, 0.4) is 0 Å². The number of hydrogen-bond acceptors (Lipinski definition) is 2. The third-order valence-corrected chi connectivity index (χ3v) is 4.73. The number of thiophene rings is 1. The Hall–Kier alpha value is -0.340. The summed E-state index contributed by atoms with van der Waals surface area (Å²) < 4.78 is 0. The highest BCUT2D eigenvalue weighted by atomic mass is 32.1. The van der Waals surface area contributed by atoms with E-state index in [-0.39, 0.29) is 6.04 Å². The van der Waals surface area contributed by atoms with E-state index in [0.29, 0.717) is 5.92 Å². The molecule has 1 aliphatic carbocycles. The predicted octanol–water partition coefficient (Wildman–Crippen LogP) is 4.06. The summed E-state index contributed by atoms with van der Waals surface area (Å²) in [4.78, 5) is 3.03. The van der Waals surface area contributed by atoms with Gasteiger partial charge in [-0.3, -0.25) is 0 Å². The third-order valence-electron chi connectivity index (χ3n) is 3.36. The Bertz CT molecular complexity index is 317. The van der Waals surface area contributed by atoms with Gasteiger partial charge in [-0.1, -0.05) is 20.3 Å². The number of rotatable bonds is 3. The summed E-state index contributed by atoms with van der Waals surface area (Å²) in [6, 6.07) is 2.65. The van der Waals surface area contributed by atoms with Crippen molar-refractivity contribution in [3.63, 3.8) is 0 Å². The summed E-state index contributed by atoms with van der Waals surface area (Å²) in [6.45, 7) is 4.50. The molecule has 0 aromatic carbocycles. The van der Waals surface area contributed by atoms with E-state index >= 15 is 0 Å². The van der Waals surface area contributed by atoms with Crippen molar-refractivity contribution < 1.29 is 0 Å². The van der Waals surface area contributed by atoms with E-state index in [4.69, 9.17) is 5.73 Å². The first-order chi connectivity index (χ1) is 7.66. The van der Waals surface area contributed by atoms with Gasteiger partial charge in [-0.2, -0.15) is 0 Å². The first-order valence-corrected chi connectivity index (χ1v) is 7.35. The number of aryl methyl sites for hydroxylation is 2. The van der Waals surface area contributed by atoms with Crippen molar-refractivity contribution in [2.24, 2.45) is 11.7 Å². The van der Waals surface area contributed by atoms with Gasteiger partial charge >= 0.3 is 0 Å². The molecule has 0 saturated heterocycles. The van der Waals surface area contributed by atoms with Gasteiger partial charge in [-0.15, -0.1) is 11.3 Å². The Morgan fingerprint density at radius 1 is 1.25 bits per heavy atom. The van der Waals surface area contributed by atoms with E-state index in [1.807, 2.05) is 11.3 Å². The highest BCUT2D eigenvalue weighted by molar-refractivity contribution is 7.12. The fourth-order valence-corrected chi connectivity index (χ4v) is 3.77. The van der Waals surface area contributed by atoms with Gasteiger partial charge in [0, 0.05) is 15.8 Å². The maximum atomic E-state index is 6.26. The molecule has 0 fully saturated rings. The summed E-state index contributed by atoms with van der Waals surface area (Å²) >= 11 is 1.97. The summed E-state index contributed by atoms with van der Waals surface area (Å²) in [5.41, 5.74) is 7.85. The molecule has 2 N–H and O–H groups in total. The maximum absolute atomic E-state index is 6.26. The monoisotopic (exact) mass is 237 g/mol. The molecule has 1 aliphatic rings. The molecule has 1 nitrogen and oxygen atoms in total. The first-order valence-electron chi connectivity index (χ1n) is 6.54. The lowest BCUT2D eigenvalue weighted by atomic mass is 10.0. The first kappa shape index (κ1) is 12.1. The van der Waals surface area contributed by atoms with Crippen LogP contribution in [0.2, 0.25) is 0 Å². The van der Waals surface area contributed by atoms with Gasteiger partial charge in [0.15, 0.2) is 0 Å². The molecule has 0 saturated carbocycles. The van der Waals surface area contributed by atoms with Crippen LogP contribution in [0, 0.1) is 5.92 Å². The molecule has 0 aliphatic heterocycles. The highest BCUT2D eigenvalue weighted by Crippen LogP contribution is 2.33. The van der Waals surface area contributed by atoms with E-state index in [0.717, 1.165) is 6.42 Å². The molecule has 16 heavy (non-hydrogen) atoms. The molecule has 1 unspecified atom stereocenters. The molecule has 0 spiro atoms. The van der Waals surface area contributed by atoms with Crippen molar-refractivity contribution in [2.75, 3.05) is 0 Å². The Balaban J connectivity index is 2.11. The Kier molecular flexibility index (Phi) is 4.04. The van der Waals surface area contributed by atoms with Crippen molar-refractivity contribution in [2.45, 2.75) is 58.4 Å². The van der Waals surface area contributed by atoms with E-state index in [1.54, 1.807) is 10.4 Å². The summed E-state index contributed by atoms with van der Waals surface area (Å²) in [7, 11) is 0. The summed E-state index contributed by atoms with van der Waals surface area (Å²) in [5, 5.41) is 0. The quantitative estimate of drug-likeness (QED) is 0.788. The zero-order valence-electron chi connectivity index (χ0n) is 10.5. The fraction of sp³-hybridized carbons (Fsp3) is 0.714. The lowest BCUT2D eigenvalue weighted by Gasteiger charge is -2.11. The Morgan fingerprint density at radius 2 is 2.00 bits per heavy atom. The van der Waals surface area contributed by atoms with E-state index in [2.05, 4.69) is 19.9 Å². The molecular weight excluding hydrogens is 214 g/mol. The van der Waals surface area contributed by atoms with E-state index in [1.165, 1.54) is 37.0 Å².